The molecule has 0 aromatic heterocycles. The zero-order chi connectivity index (χ0) is 14.5. The minimum atomic E-state index is -0.00860. The van der Waals surface area contributed by atoms with Crippen LogP contribution in [0.3, 0.4) is 0 Å². The van der Waals surface area contributed by atoms with Crippen LogP contribution in [-0.4, -0.2) is 0 Å². The number of rotatable bonds is 0. The van der Waals surface area contributed by atoms with Crippen LogP contribution in [0.4, 0.5) is 0 Å². The highest BCUT2D eigenvalue weighted by Gasteiger charge is 2.13. The van der Waals surface area contributed by atoms with E-state index in [1.807, 2.05) is 24.3 Å². The fourth-order valence-electron chi connectivity index (χ4n) is 1.93. The summed E-state index contributed by atoms with van der Waals surface area (Å²) in [6.07, 6.45) is 3.18. The van der Waals surface area contributed by atoms with Gasteiger partial charge in [-0.3, -0.25) is 0 Å². The van der Waals surface area contributed by atoms with E-state index in [9.17, 15) is 0 Å². The summed E-state index contributed by atoms with van der Waals surface area (Å²) in [7, 11) is 0. The van der Waals surface area contributed by atoms with Crippen molar-refractivity contribution in [1.29, 1.82) is 21.0 Å². The first kappa shape index (κ1) is 12.8. The number of hydrogen-bond donors (Lipinski definition) is 0. The van der Waals surface area contributed by atoms with Crippen molar-refractivity contribution in [2.45, 2.75) is 0 Å². The van der Waals surface area contributed by atoms with E-state index < -0.39 is 0 Å². The highest BCUT2D eigenvalue weighted by Crippen LogP contribution is 2.29. The Morgan fingerprint density at radius 3 is 1.15 bits per heavy atom. The molecule has 2 aliphatic rings. The maximum Gasteiger partial charge on any atom is 0.137 e. The molecule has 0 heterocycles. The third kappa shape index (κ3) is 2.06. The predicted octanol–water partition coefficient (Wildman–Crippen LogP) is 2.86. The number of benzene rings is 1. The van der Waals surface area contributed by atoms with Crippen molar-refractivity contribution in [3.63, 3.8) is 0 Å². The highest BCUT2D eigenvalue weighted by atomic mass is 14.3. The number of hydrogen-bond acceptors (Lipinski definition) is 4. The Labute approximate surface area is 116 Å². The number of nitrogens with zero attached hydrogens (tertiary/aromatic N) is 4. The third-order valence-electron chi connectivity index (χ3n) is 2.91. The molecule has 0 fully saturated rings. The average Bonchev–Trinajstić information content (AvgIpc) is 2.48. The molecular weight excluding hydrogens is 248 g/mol. The van der Waals surface area contributed by atoms with E-state index in [2.05, 4.69) is 0 Å². The first-order chi connectivity index (χ1) is 9.74. The topological polar surface area (TPSA) is 95.2 Å². The van der Waals surface area contributed by atoms with Gasteiger partial charge >= 0.3 is 0 Å². The Morgan fingerprint density at radius 2 is 0.900 bits per heavy atom. The lowest BCUT2D eigenvalue weighted by Gasteiger charge is -2.11. The van der Waals surface area contributed by atoms with Crippen molar-refractivity contribution in [3.05, 3.63) is 58.7 Å². The third-order valence-corrected chi connectivity index (χ3v) is 2.91. The van der Waals surface area contributed by atoms with Gasteiger partial charge < -0.3 is 0 Å². The van der Waals surface area contributed by atoms with Crippen LogP contribution >= 0.6 is 0 Å². The Bertz CT molecular complexity index is 720. The molecule has 0 aliphatic heterocycles. The predicted molar refractivity (Wildman–Crippen MR) is 71.9 cm³/mol. The minimum Gasteiger partial charge on any atom is -0.192 e. The van der Waals surface area contributed by atoms with Gasteiger partial charge in [0.25, 0.3) is 0 Å². The molecule has 4 heteroatoms. The van der Waals surface area contributed by atoms with E-state index in [-0.39, 0.29) is 11.1 Å². The fourth-order valence-corrected chi connectivity index (χ4v) is 1.93. The molecule has 0 amide bonds. The van der Waals surface area contributed by atoms with Crippen LogP contribution in [0.5, 0.6) is 0 Å². The molecule has 3 rings (SSSR count). The lowest BCUT2D eigenvalue weighted by atomic mass is 9.91. The maximum atomic E-state index is 8.99. The molecule has 0 saturated heterocycles. The summed E-state index contributed by atoms with van der Waals surface area (Å²) in [6, 6.07) is 14.4. The van der Waals surface area contributed by atoms with Crippen LogP contribution in [0.1, 0.15) is 11.1 Å². The molecule has 0 radical (unpaired) electrons. The van der Waals surface area contributed by atoms with Gasteiger partial charge in [0.1, 0.15) is 35.4 Å². The molecule has 2 aliphatic carbocycles. The summed E-state index contributed by atoms with van der Waals surface area (Å²) in [6.45, 7) is 0. The molecular formula is C16H6N4. The monoisotopic (exact) mass is 254 g/mol. The van der Waals surface area contributed by atoms with Gasteiger partial charge in [0, 0.05) is 11.1 Å². The molecule has 90 valence electrons. The van der Waals surface area contributed by atoms with E-state index in [0.29, 0.717) is 11.1 Å². The molecule has 1 aromatic rings. The summed E-state index contributed by atoms with van der Waals surface area (Å²) < 4.78 is 0. The highest BCUT2D eigenvalue weighted by molar-refractivity contribution is 5.90. The molecule has 20 heavy (non-hydrogen) atoms. The number of allylic oxidation sites excluding steroid dienone is 6. The molecule has 2 bridgehead atoms. The van der Waals surface area contributed by atoms with Crippen LogP contribution in [0.2, 0.25) is 0 Å². The first-order valence-corrected chi connectivity index (χ1v) is 5.63. The Morgan fingerprint density at radius 1 is 0.600 bits per heavy atom. The molecule has 4 nitrogen and oxygen atoms in total. The molecule has 0 unspecified atom stereocenters. The van der Waals surface area contributed by atoms with Crippen LogP contribution in [-0.2, 0) is 0 Å². The van der Waals surface area contributed by atoms with Gasteiger partial charge in [-0.15, -0.1) is 0 Å². The quantitative estimate of drug-likeness (QED) is 0.665. The second kappa shape index (κ2) is 5.36. The van der Waals surface area contributed by atoms with E-state index in [4.69, 9.17) is 21.0 Å². The van der Waals surface area contributed by atoms with E-state index in [1.165, 1.54) is 0 Å². The van der Waals surface area contributed by atoms with Crippen LogP contribution < -0.4 is 0 Å². The van der Waals surface area contributed by atoms with Crippen LogP contribution in [0.15, 0.2) is 47.6 Å². The standard InChI is InChI=1S/C16H6N4/c17-7-13(8-18)15-5-6-16(14(9-19)10-20)12-2-1-11(15)3-4-12/h1-6H/b6-5-. The fraction of sp³-hybridized carbons (Fsp3) is 0. The van der Waals surface area contributed by atoms with Crippen molar-refractivity contribution >= 4 is 11.1 Å². The second-order valence-corrected chi connectivity index (χ2v) is 3.94. The summed E-state index contributed by atoms with van der Waals surface area (Å²) in [5.74, 6) is 0. The van der Waals surface area contributed by atoms with Crippen molar-refractivity contribution in [1.82, 2.24) is 0 Å². The van der Waals surface area contributed by atoms with Crippen molar-refractivity contribution in [3.8, 4) is 24.3 Å². The molecule has 1 aromatic carbocycles. The Kier molecular flexibility index (Phi) is 3.45. The van der Waals surface area contributed by atoms with Crippen molar-refractivity contribution in [2.75, 3.05) is 0 Å². The van der Waals surface area contributed by atoms with Gasteiger partial charge in [-0.2, -0.15) is 21.0 Å². The van der Waals surface area contributed by atoms with Gasteiger partial charge in [0.15, 0.2) is 0 Å². The summed E-state index contributed by atoms with van der Waals surface area (Å²) in [5.41, 5.74) is 2.44. The van der Waals surface area contributed by atoms with Gasteiger partial charge in [0.05, 0.1) is 0 Å². The van der Waals surface area contributed by atoms with Crippen molar-refractivity contribution in [2.24, 2.45) is 0 Å². The van der Waals surface area contributed by atoms with Gasteiger partial charge in [-0.25, -0.2) is 0 Å². The van der Waals surface area contributed by atoms with Crippen LogP contribution in [0, 0.1) is 45.3 Å². The molecule has 0 saturated carbocycles. The normalized spacial score (nSPS) is 13.0. The van der Waals surface area contributed by atoms with Gasteiger partial charge in [0.2, 0.25) is 0 Å². The summed E-state index contributed by atoms with van der Waals surface area (Å²) in [5, 5.41) is 35.9. The number of fused-ring (bicyclic) bond motifs is 4. The van der Waals surface area contributed by atoms with Gasteiger partial charge in [-0.05, 0) is 11.1 Å². The maximum absolute atomic E-state index is 8.99. The second-order valence-electron chi connectivity index (χ2n) is 3.94. The van der Waals surface area contributed by atoms with E-state index in [0.717, 1.165) is 11.1 Å². The minimum absolute atomic E-state index is 0.00860. The Hall–Kier alpha value is -3.60. The first-order valence-electron chi connectivity index (χ1n) is 5.63. The lowest BCUT2D eigenvalue weighted by molar-refractivity contribution is 1.44. The zero-order valence-corrected chi connectivity index (χ0v) is 10.3. The van der Waals surface area contributed by atoms with Crippen molar-refractivity contribution < 1.29 is 0 Å². The zero-order valence-electron chi connectivity index (χ0n) is 10.3. The summed E-state index contributed by atoms with van der Waals surface area (Å²) in [4.78, 5) is 0. The Balaban J connectivity index is 2.82. The average molecular weight is 254 g/mol. The van der Waals surface area contributed by atoms with Gasteiger partial charge in [-0.1, -0.05) is 36.4 Å². The molecule has 0 N–H and O–H groups in total. The lowest BCUT2D eigenvalue weighted by Crippen LogP contribution is -1.94. The SMILES string of the molecule is N#CC(C#N)=C1/C=C\C(=C(C#N)C#N)c2ccc1cc2. The van der Waals surface area contributed by atoms with E-state index in [1.54, 1.807) is 36.4 Å². The molecule has 0 atom stereocenters. The summed E-state index contributed by atoms with van der Waals surface area (Å²) >= 11 is 0. The smallest absolute Gasteiger partial charge is 0.137 e. The van der Waals surface area contributed by atoms with Crippen LogP contribution in [0.25, 0.3) is 11.1 Å². The number of nitriles is 4. The largest absolute Gasteiger partial charge is 0.192 e. The van der Waals surface area contributed by atoms with E-state index >= 15 is 0 Å². The molecule has 0 spiro atoms.